The van der Waals surface area contributed by atoms with Gasteiger partial charge in [-0.15, -0.1) is 5.10 Å². The number of aliphatic hydroxyl groups excluding tert-OH is 1. The van der Waals surface area contributed by atoms with E-state index in [0.29, 0.717) is 25.1 Å². The number of aromatic nitrogens is 4. The third-order valence-corrected chi connectivity index (χ3v) is 4.93. The number of aryl methyl sites for hydroxylation is 1. The quantitative estimate of drug-likeness (QED) is 0.671. The summed E-state index contributed by atoms with van der Waals surface area (Å²) in [4.78, 5) is 2.04. The van der Waals surface area contributed by atoms with Gasteiger partial charge in [-0.05, 0) is 25.5 Å². The molecule has 3 aromatic rings. The number of fused-ring (bicyclic) bond motifs is 1. The van der Waals surface area contributed by atoms with Crippen LogP contribution in [-0.4, -0.2) is 38.2 Å². The molecule has 0 amide bonds. The number of hydrogen-bond acceptors (Lipinski definition) is 7. The van der Waals surface area contributed by atoms with Crippen molar-refractivity contribution >= 4 is 6.01 Å². The second-order valence-electron chi connectivity index (χ2n) is 6.75. The smallest absolute Gasteiger partial charge is 0.318 e. The summed E-state index contributed by atoms with van der Waals surface area (Å²) in [7, 11) is 0. The predicted octanol–water partition coefficient (Wildman–Crippen LogP) is 2.80. The van der Waals surface area contributed by atoms with Gasteiger partial charge in [-0.3, -0.25) is 4.68 Å². The van der Waals surface area contributed by atoms with Gasteiger partial charge in [0.15, 0.2) is 0 Å². The Kier molecular flexibility index (Phi) is 5.29. The van der Waals surface area contributed by atoms with Crippen molar-refractivity contribution in [2.75, 3.05) is 18.1 Å². The van der Waals surface area contributed by atoms with E-state index in [4.69, 9.17) is 9.15 Å². The molecule has 1 aromatic carbocycles. The molecule has 8 nitrogen and oxygen atoms in total. The molecule has 0 spiro atoms. The van der Waals surface area contributed by atoms with Crippen LogP contribution in [0, 0.1) is 0 Å². The second kappa shape index (κ2) is 8.02. The topological polar surface area (TPSA) is 89.4 Å². The molecule has 0 saturated carbocycles. The minimum absolute atomic E-state index is 0.0690. The Hall–Kier alpha value is -2.87. The van der Waals surface area contributed by atoms with Crippen LogP contribution < -0.4 is 9.64 Å². The predicted molar refractivity (Wildman–Crippen MR) is 104 cm³/mol. The first-order chi connectivity index (χ1) is 13.7. The molecule has 28 heavy (non-hydrogen) atoms. The minimum Gasteiger partial charge on any atom is -0.493 e. The molecule has 0 fully saturated rings. The van der Waals surface area contributed by atoms with Crippen molar-refractivity contribution < 1.29 is 14.3 Å². The molecule has 0 unspecified atom stereocenters. The maximum Gasteiger partial charge on any atom is 0.318 e. The molecule has 0 atom stereocenters. The average molecular weight is 383 g/mol. The Balaban J connectivity index is 1.59. The molecule has 0 aliphatic carbocycles. The number of para-hydroxylation sites is 1. The second-order valence-corrected chi connectivity index (χ2v) is 6.75. The highest BCUT2D eigenvalue weighted by molar-refractivity contribution is 5.63. The zero-order valence-electron chi connectivity index (χ0n) is 16.3. The zero-order valence-corrected chi connectivity index (χ0v) is 16.3. The Morgan fingerprint density at radius 3 is 2.86 bits per heavy atom. The largest absolute Gasteiger partial charge is 0.493 e. The number of hydrogen-bond donors (Lipinski definition) is 1. The molecule has 0 bridgehead atoms. The number of rotatable bonds is 7. The number of benzene rings is 1. The maximum absolute atomic E-state index is 9.65. The maximum atomic E-state index is 9.65. The Morgan fingerprint density at radius 2 is 2.07 bits per heavy atom. The van der Waals surface area contributed by atoms with E-state index in [2.05, 4.69) is 29.1 Å². The Morgan fingerprint density at radius 1 is 1.21 bits per heavy atom. The van der Waals surface area contributed by atoms with E-state index in [-0.39, 0.29) is 6.61 Å². The van der Waals surface area contributed by atoms with Gasteiger partial charge in [0, 0.05) is 30.8 Å². The standard InChI is InChI=1S/C20H25N5O3/c1-3-11-27-18-8-6-5-7-14(18)19-21-22-20(28-19)24-10-9-17-15(12-24)16(13-26)23-25(17)4-2/h5-8,26H,3-4,9-13H2,1-2H3. The minimum atomic E-state index is -0.0690. The van der Waals surface area contributed by atoms with Gasteiger partial charge in [0.25, 0.3) is 5.89 Å². The molecule has 3 heterocycles. The molecule has 0 radical (unpaired) electrons. The van der Waals surface area contributed by atoms with Crippen LogP contribution in [0.1, 0.15) is 37.2 Å². The zero-order chi connectivity index (χ0) is 19.5. The van der Waals surface area contributed by atoms with Crippen molar-refractivity contribution in [3.63, 3.8) is 0 Å². The van der Waals surface area contributed by atoms with Crippen LogP contribution in [0.2, 0.25) is 0 Å². The Bertz CT molecular complexity index is 949. The van der Waals surface area contributed by atoms with Gasteiger partial charge in [-0.2, -0.15) is 5.10 Å². The van der Waals surface area contributed by atoms with Crippen LogP contribution in [0.15, 0.2) is 28.7 Å². The van der Waals surface area contributed by atoms with Gasteiger partial charge in [0.2, 0.25) is 0 Å². The van der Waals surface area contributed by atoms with E-state index in [1.807, 2.05) is 33.8 Å². The summed E-state index contributed by atoms with van der Waals surface area (Å²) < 4.78 is 13.8. The SMILES string of the molecule is CCCOc1ccccc1-c1nnc(N2CCc3c(c(CO)nn3CC)C2)o1. The lowest BCUT2D eigenvalue weighted by molar-refractivity contribution is 0.274. The molecule has 1 aliphatic heterocycles. The summed E-state index contributed by atoms with van der Waals surface area (Å²) in [5.74, 6) is 1.19. The van der Waals surface area contributed by atoms with Gasteiger partial charge < -0.3 is 19.2 Å². The molecule has 2 aromatic heterocycles. The van der Waals surface area contributed by atoms with Gasteiger partial charge in [-0.25, -0.2) is 0 Å². The van der Waals surface area contributed by atoms with Crippen LogP contribution >= 0.6 is 0 Å². The van der Waals surface area contributed by atoms with Gasteiger partial charge in [0.1, 0.15) is 5.75 Å². The summed E-state index contributed by atoms with van der Waals surface area (Å²) in [5, 5.41) is 22.7. The Labute approximate surface area is 163 Å². The molecule has 1 N–H and O–H groups in total. The number of ether oxygens (including phenoxy) is 1. The van der Waals surface area contributed by atoms with Crippen LogP contribution in [0.4, 0.5) is 6.01 Å². The highest BCUT2D eigenvalue weighted by Gasteiger charge is 2.27. The van der Waals surface area contributed by atoms with E-state index < -0.39 is 0 Å². The third kappa shape index (κ3) is 3.35. The molecule has 4 rings (SSSR count). The fourth-order valence-corrected chi connectivity index (χ4v) is 3.55. The summed E-state index contributed by atoms with van der Waals surface area (Å²) in [6.45, 7) is 6.85. The molecule has 148 valence electrons. The normalized spacial score (nSPS) is 13.6. The molecular weight excluding hydrogens is 358 g/mol. The van der Waals surface area contributed by atoms with Crippen molar-refractivity contribution in [1.29, 1.82) is 0 Å². The molecule has 0 saturated heterocycles. The number of nitrogens with zero attached hydrogens (tertiary/aromatic N) is 5. The van der Waals surface area contributed by atoms with Crippen LogP contribution in [0.25, 0.3) is 11.5 Å². The van der Waals surface area contributed by atoms with Crippen molar-refractivity contribution in [3.8, 4) is 17.2 Å². The fourth-order valence-electron chi connectivity index (χ4n) is 3.55. The van der Waals surface area contributed by atoms with Crippen molar-refractivity contribution in [1.82, 2.24) is 20.0 Å². The van der Waals surface area contributed by atoms with Crippen molar-refractivity contribution in [3.05, 3.63) is 41.2 Å². The van der Waals surface area contributed by atoms with Crippen LogP contribution in [0.5, 0.6) is 5.75 Å². The highest BCUT2D eigenvalue weighted by atomic mass is 16.5. The monoisotopic (exact) mass is 383 g/mol. The number of anilines is 1. The fraction of sp³-hybridized carbons (Fsp3) is 0.450. The first-order valence-electron chi connectivity index (χ1n) is 9.74. The highest BCUT2D eigenvalue weighted by Crippen LogP contribution is 2.32. The van der Waals surface area contributed by atoms with Crippen molar-refractivity contribution in [2.45, 2.75) is 46.4 Å². The lowest BCUT2D eigenvalue weighted by Crippen LogP contribution is -2.31. The summed E-state index contributed by atoms with van der Waals surface area (Å²) in [6.07, 6.45) is 1.75. The average Bonchev–Trinajstić information content (AvgIpc) is 3.36. The van der Waals surface area contributed by atoms with Crippen LogP contribution in [-0.2, 0) is 26.1 Å². The van der Waals surface area contributed by atoms with E-state index in [0.717, 1.165) is 48.5 Å². The first kappa shape index (κ1) is 18.5. The summed E-state index contributed by atoms with van der Waals surface area (Å²) in [5.41, 5.74) is 3.75. The first-order valence-corrected chi connectivity index (χ1v) is 9.74. The summed E-state index contributed by atoms with van der Waals surface area (Å²) in [6, 6.07) is 8.16. The van der Waals surface area contributed by atoms with E-state index in [1.54, 1.807) is 0 Å². The van der Waals surface area contributed by atoms with E-state index >= 15 is 0 Å². The van der Waals surface area contributed by atoms with Gasteiger partial charge >= 0.3 is 6.01 Å². The molecule has 1 aliphatic rings. The number of aliphatic hydroxyl groups is 1. The van der Waals surface area contributed by atoms with E-state index in [9.17, 15) is 5.11 Å². The van der Waals surface area contributed by atoms with E-state index in [1.165, 1.54) is 5.69 Å². The van der Waals surface area contributed by atoms with Crippen molar-refractivity contribution in [2.24, 2.45) is 0 Å². The van der Waals surface area contributed by atoms with Crippen LogP contribution in [0.3, 0.4) is 0 Å². The molecular formula is C20H25N5O3. The van der Waals surface area contributed by atoms with Gasteiger partial charge in [0.05, 0.1) is 31.0 Å². The summed E-state index contributed by atoms with van der Waals surface area (Å²) >= 11 is 0. The van der Waals surface area contributed by atoms with Gasteiger partial charge in [-0.1, -0.05) is 24.2 Å². The molecule has 8 heteroatoms. The third-order valence-electron chi connectivity index (χ3n) is 4.93. The lowest BCUT2D eigenvalue weighted by atomic mass is 10.1. The lowest BCUT2D eigenvalue weighted by Gasteiger charge is -2.25.